The first-order valence-corrected chi connectivity index (χ1v) is 6.67. The van der Waals surface area contributed by atoms with E-state index >= 15 is 0 Å². The maximum Gasteiger partial charge on any atom is 0.237 e. The average Bonchev–Trinajstić information content (AvgIpc) is 3.14. The molecule has 1 aromatic carbocycles. The smallest absolute Gasteiger partial charge is 0.237 e. The molecule has 0 aliphatic heterocycles. The fraction of sp³-hybridized carbons (Fsp3) is 0.533. The van der Waals surface area contributed by atoms with Crippen LogP contribution in [0.3, 0.4) is 0 Å². The van der Waals surface area contributed by atoms with Crippen LogP contribution < -0.4 is 10.6 Å². The summed E-state index contributed by atoms with van der Waals surface area (Å²) >= 11 is 0. The number of nitrogens with one attached hydrogen (secondary N) is 2. The maximum atomic E-state index is 11.8. The van der Waals surface area contributed by atoms with Gasteiger partial charge in [0.15, 0.2) is 0 Å². The van der Waals surface area contributed by atoms with Crippen LogP contribution in [0.4, 0.5) is 0 Å². The molecule has 0 bridgehead atoms. The Morgan fingerprint density at radius 2 is 2.11 bits per heavy atom. The Bertz CT molecular complexity index is 438. The van der Waals surface area contributed by atoms with Crippen LogP contribution in [0.25, 0.3) is 0 Å². The third kappa shape index (κ3) is 3.33. The van der Waals surface area contributed by atoms with Gasteiger partial charge in [-0.15, -0.1) is 0 Å². The van der Waals surface area contributed by atoms with Gasteiger partial charge in [0.25, 0.3) is 0 Å². The topological polar surface area (TPSA) is 41.1 Å². The summed E-state index contributed by atoms with van der Waals surface area (Å²) in [6.45, 7) is 6.90. The summed E-state index contributed by atoms with van der Waals surface area (Å²) in [5, 5.41) is 6.30. The average molecular weight is 246 g/mol. The molecule has 0 saturated heterocycles. The molecule has 0 heterocycles. The van der Waals surface area contributed by atoms with Crippen LogP contribution in [-0.2, 0) is 11.3 Å². The first-order valence-electron chi connectivity index (χ1n) is 6.67. The number of aryl methyl sites for hydroxylation is 1. The highest BCUT2D eigenvalue weighted by Crippen LogP contribution is 2.18. The lowest BCUT2D eigenvalue weighted by Gasteiger charge is -2.15. The number of hydrogen-bond donors (Lipinski definition) is 2. The van der Waals surface area contributed by atoms with Gasteiger partial charge in [0.2, 0.25) is 5.91 Å². The normalized spacial score (nSPS) is 16.4. The second-order valence-electron chi connectivity index (χ2n) is 5.24. The molecular weight excluding hydrogens is 224 g/mol. The fourth-order valence-corrected chi connectivity index (χ4v) is 1.91. The summed E-state index contributed by atoms with van der Waals surface area (Å²) < 4.78 is 0. The van der Waals surface area contributed by atoms with Crippen molar-refractivity contribution in [1.82, 2.24) is 10.6 Å². The number of benzene rings is 1. The number of hydrogen-bond acceptors (Lipinski definition) is 2. The summed E-state index contributed by atoms with van der Waals surface area (Å²) in [6.07, 6.45) is 2.27. The number of carbonyl (C=O) groups is 1. The van der Waals surface area contributed by atoms with Crippen molar-refractivity contribution >= 4 is 5.91 Å². The first kappa shape index (κ1) is 13.1. The van der Waals surface area contributed by atoms with Crippen LogP contribution in [0.5, 0.6) is 0 Å². The van der Waals surface area contributed by atoms with Crippen molar-refractivity contribution < 1.29 is 4.79 Å². The molecule has 0 spiro atoms. The Morgan fingerprint density at radius 3 is 2.78 bits per heavy atom. The lowest BCUT2D eigenvalue weighted by atomic mass is 10.0. The van der Waals surface area contributed by atoms with E-state index in [1.807, 2.05) is 6.92 Å². The molecular formula is C15H22N2O. The molecule has 0 aromatic heterocycles. The van der Waals surface area contributed by atoms with Crippen molar-refractivity contribution in [3.63, 3.8) is 0 Å². The lowest BCUT2D eigenvalue weighted by Crippen LogP contribution is -2.42. The van der Waals surface area contributed by atoms with Crippen molar-refractivity contribution in [2.75, 3.05) is 0 Å². The monoisotopic (exact) mass is 246 g/mol. The van der Waals surface area contributed by atoms with Crippen LogP contribution >= 0.6 is 0 Å². The Hall–Kier alpha value is -1.35. The molecule has 1 amide bonds. The molecule has 3 nitrogen and oxygen atoms in total. The summed E-state index contributed by atoms with van der Waals surface area (Å²) in [5.74, 6) is 0.114. The van der Waals surface area contributed by atoms with Crippen LogP contribution in [0, 0.1) is 13.8 Å². The molecule has 18 heavy (non-hydrogen) atoms. The number of rotatable bonds is 5. The number of carbonyl (C=O) groups excluding carboxylic acids is 1. The SMILES string of the molecule is Cc1cccc(CNC(C)C(=O)NC2CC2)c1C. The van der Waals surface area contributed by atoms with Gasteiger partial charge in [0.05, 0.1) is 6.04 Å². The highest BCUT2D eigenvalue weighted by molar-refractivity contribution is 5.81. The Kier molecular flexibility index (Phi) is 4.02. The zero-order chi connectivity index (χ0) is 13.1. The van der Waals surface area contributed by atoms with Gasteiger partial charge in [0, 0.05) is 12.6 Å². The van der Waals surface area contributed by atoms with E-state index in [1.165, 1.54) is 16.7 Å². The predicted molar refractivity (Wildman–Crippen MR) is 73.4 cm³/mol. The van der Waals surface area contributed by atoms with E-state index in [0.29, 0.717) is 6.04 Å². The van der Waals surface area contributed by atoms with E-state index in [0.717, 1.165) is 19.4 Å². The van der Waals surface area contributed by atoms with Gasteiger partial charge in [0.1, 0.15) is 0 Å². The van der Waals surface area contributed by atoms with Gasteiger partial charge in [-0.3, -0.25) is 4.79 Å². The molecule has 2 rings (SSSR count). The molecule has 1 aromatic rings. The summed E-state index contributed by atoms with van der Waals surface area (Å²) in [6, 6.07) is 6.59. The number of amides is 1. The van der Waals surface area contributed by atoms with Gasteiger partial charge in [-0.2, -0.15) is 0 Å². The van der Waals surface area contributed by atoms with Gasteiger partial charge in [-0.25, -0.2) is 0 Å². The van der Waals surface area contributed by atoms with Crippen LogP contribution in [0.15, 0.2) is 18.2 Å². The molecule has 1 aliphatic carbocycles. The van der Waals surface area contributed by atoms with Gasteiger partial charge >= 0.3 is 0 Å². The van der Waals surface area contributed by atoms with E-state index in [4.69, 9.17) is 0 Å². The van der Waals surface area contributed by atoms with Gasteiger partial charge < -0.3 is 10.6 Å². The Balaban J connectivity index is 1.86. The second kappa shape index (κ2) is 5.53. The van der Waals surface area contributed by atoms with Gasteiger partial charge in [-0.05, 0) is 50.3 Å². The van der Waals surface area contributed by atoms with Crippen LogP contribution in [0.2, 0.25) is 0 Å². The fourth-order valence-electron chi connectivity index (χ4n) is 1.91. The molecule has 1 unspecified atom stereocenters. The standard InChI is InChI=1S/C15H22N2O/c1-10-5-4-6-13(11(10)2)9-16-12(3)15(18)17-14-7-8-14/h4-6,12,14,16H,7-9H2,1-3H3,(H,17,18). The van der Waals surface area contributed by atoms with Crippen molar-refractivity contribution in [2.24, 2.45) is 0 Å². The minimum atomic E-state index is -0.134. The quantitative estimate of drug-likeness (QED) is 0.835. The van der Waals surface area contributed by atoms with E-state index in [9.17, 15) is 4.79 Å². The van der Waals surface area contributed by atoms with Crippen LogP contribution in [0.1, 0.15) is 36.5 Å². The Morgan fingerprint density at radius 1 is 1.39 bits per heavy atom. The minimum Gasteiger partial charge on any atom is -0.352 e. The molecule has 0 radical (unpaired) electrons. The lowest BCUT2D eigenvalue weighted by molar-refractivity contribution is -0.122. The second-order valence-corrected chi connectivity index (χ2v) is 5.24. The highest BCUT2D eigenvalue weighted by atomic mass is 16.2. The van der Waals surface area contributed by atoms with Crippen molar-refractivity contribution in [2.45, 2.75) is 52.2 Å². The third-order valence-electron chi connectivity index (χ3n) is 3.63. The Labute approximate surface area is 109 Å². The summed E-state index contributed by atoms with van der Waals surface area (Å²) in [7, 11) is 0. The predicted octanol–water partition coefficient (Wildman–Crippen LogP) is 2.06. The van der Waals surface area contributed by atoms with E-state index in [1.54, 1.807) is 0 Å². The van der Waals surface area contributed by atoms with E-state index in [-0.39, 0.29) is 11.9 Å². The molecule has 1 aliphatic rings. The van der Waals surface area contributed by atoms with E-state index < -0.39 is 0 Å². The molecule has 3 heteroatoms. The highest BCUT2D eigenvalue weighted by Gasteiger charge is 2.25. The van der Waals surface area contributed by atoms with Gasteiger partial charge in [-0.1, -0.05) is 18.2 Å². The molecule has 1 fully saturated rings. The largest absolute Gasteiger partial charge is 0.352 e. The van der Waals surface area contributed by atoms with Crippen molar-refractivity contribution in [3.8, 4) is 0 Å². The van der Waals surface area contributed by atoms with Crippen molar-refractivity contribution in [3.05, 3.63) is 34.9 Å². The summed E-state index contributed by atoms with van der Waals surface area (Å²) in [5.41, 5.74) is 3.87. The maximum absolute atomic E-state index is 11.8. The zero-order valence-electron chi connectivity index (χ0n) is 11.4. The third-order valence-corrected chi connectivity index (χ3v) is 3.63. The zero-order valence-corrected chi connectivity index (χ0v) is 11.4. The van der Waals surface area contributed by atoms with Crippen LogP contribution in [-0.4, -0.2) is 18.0 Å². The molecule has 98 valence electrons. The van der Waals surface area contributed by atoms with Crippen molar-refractivity contribution in [1.29, 1.82) is 0 Å². The first-order chi connectivity index (χ1) is 8.58. The molecule has 2 N–H and O–H groups in total. The van der Waals surface area contributed by atoms with E-state index in [2.05, 4.69) is 42.7 Å². The minimum absolute atomic E-state index is 0.114. The molecule has 1 saturated carbocycles. The summed E-state index contributed by atoms with van der Waals surface area (Å²) in [4.78, 5) is 11.8. The molecule has 1 atom stereocenters.